The van der Waals surface area contributed by atoms with Crippen molar-refractivity contribution in [1.82, 2.24) is 30.4 Å². The lowest BCUT2D eigenvalue weighted by Crippen LogP contribution is -2.50. The van der Waals surface area contributed by atoms with Crippen molar-refractivity contribution in [2.75, 3.05) is 70.9 Å². The Balaban J connectivity index is 0.00000320. The summed E-state index contributed by atoms with van der Waals surface area (Å²) >= 11 is 0. The zero-order chi connectivity index (χ0) is 20.7. The maximum Gasteiger partial charge on any atom is 0.401 e. The van der Waals surface area contributed by atoms with E-state index in [0.717, 1.165) is 45.2 Å². The fraction of sp³-hybridized carbons (Fsp3) is 0.722. The molecule has 1 aromatic heterocycles. The number of hydrogen-bond donors (Lipinski definition) is 2. The summed E-state index contributed by atoms with van der Waals surface area (Å²) in [4.78, 5) is 18.7. The van der Waals surface area contributed by atoms with Gasteiger partial charge in [-0.3, -0.25) is 14.8 Å². The number of piperazine rings is 1. The van der Waals surface area contributed by atoms with Gasteiger partial charge in [-0.05, 0) is 12.5 Å². The SMILES string of the molecule is CN=C(NCCN1CCN(c2ncccn2)CC1)NC1CCN(CC(F)(F)F)C1.I. The van der Waals surface area contributed by atoms with Crippen LogP contribution < -0.4 is 15.5 Å². The molecule has 30 heavy (non-hydrogen) atoms. The van der Waals surface area contributed by atoms with Crippen molar-refractivity contribution in [2.24, 2.45) is 4.99 Å². The van der Waals surface area contributed by atoms with Crippen molar-refractivity contribution in [2.45, 2.75) is 18.6 Å². The maximum absolute atomic E-state index is 12.5. The lowest BCUT2D eigenvalue weighted by molar-refractivity contribution is -0.143. The van der Waals surface area contributed by atoms with Crippen LogP contribution in [0.5, 0.6) is 0 Å². The van der Waals surface area contributed by atoms with Crippen LogP contribution in [0.3, 0.4) is 0 Å². The first-order valence-corrected chi connectivity index (χ1v) is 9.93. The quantitative estimate of drug-likeness (QED) is 0.316. The molecule has 0 saturated carbocycles. The van der Waals surface area contributed by atoms with Crippen LogP contribution in [0.4, 0.5) is 19.1 Å². The van der Waals surface area contributed by atoms with Gasteiger partial charge in [-0.1, -0.05) is 0 Å². The number of likely N-dealkylation sites (tertiary alicyclic amines) is 1. The van der Waals surface area contributed by atoms with E-state index in [0.29, 0.717) is 25.5 Å². The first-order chi connectivity index (χ1) is 13.9. The van der Waals surface area contributed by atoms with Crippen molar-refractivity contribution in [3.8, 4) is 0 Å². The Hall–Kier alpha value is -1.41. The fourth-order valence-corrected chi connectivity index (χ4v) is 3.69. The van der Waals surface area contributed by atoms with Crippen molar-refractivity contribution in [3.63, 3.8) is 0 Å². The highest BCUT2D eigenvalue weighted by molar-refractivity contribution is 14.0. The maximum atomic E-state index is 12.5. The molecule has 2 saturated heterocycles. The highest BCUT2D eigenvalue weighted by atomic mass is 127. The van der Waals surface area contributed by atoms with E-state index in [1.807, 2.05) is 6.07 Å². The van der Waals surface area contributed by atoms with Crippen LogP contribution >= 0.6 is 24.0 Å². The summed E-state index contributed by atoms with van der Waals surface area (Å²) < 4.78 is 37.5. The normalized spacial score (nSPS) is 21.4. The van der Waals surface area contributed by atoms with Crippen molar-refractivity contribution >= 4 is 35.9 Å². The molecule has 1 atom stereocenters. The molecule has 0 amide bonds. The second-order valence-corrected chi connectivity index (χ2v) is 7.36. The van der Waals surface area contributed by atoms with E-state index in [9.17, 15) is 13.2 Å². The van der Waals surface area contributed by atoms with Crippen LogP contribution in [0.2, 0.25) is 0 Å². The molecule has 0 aromatic carbocycles. The average Bonchev–Trinajstić information content (AvgIpc) is 3.13. The van der Waals surface area contributed by atoms with Crippen LogP contribution in [-0.2, 0) is 0 Å². The Kier molecular flexibility index (Phi) is 9.81. The van der Waals surface area contributed by atoms with E-state index >= 15 is 0 Å². The molecular weight excluding hydrogens is 512 g/mol. The third-order valence-electron chi connectivity index (χ3n) is 5.17. The molecule has 8 nitrogen and oxygen atoms in total. The van der Waals surface area contributed by atoms with Gasteiger partial charge in [0, 0.05) is 77.8 Å². The first-order valence-electron chi connectivity index (χ1n) is 9.93. The second kappa shape index (κ2) is 11.8. The van der Waals surface area contributed by atoms with Gasteiger partial charge in [-0.15, -0.1) is 24.0 Å². The van der Waals surface area contributed by atoms with Gasteiger partial charge in [0.05, 0.1) is 6.54 Å². The zero-order valence-electron chi connectivity index (χ0n) is 17.1. The summed E-state index contributed by atoms with van der Waals surface area (Å²) in [5.74, 6) is 1.41. The minimum atomic E-state index is -4.15. The molecule has 0 radical (unpaired) electrons. The number of rotatable bonds is 6. The molecule has 1 unspecified atom stereocenters. The highest BCUT2D eigenvalue weighted by Crippen LogP contribution is 2.19. The van der Waals surface area contributed by atoms with Gasteiger partial charge in [-0.25, -0.2) is 9.97 Å². The summed E-state index contributed by atoms with van der Waals surface area (Å²) in [5.41, 5.74) is 0. The number of nitrogens with one attached hydrogen (secondary N) is 2. The van der Waals surface area contributed by atoms with Crippen LogP contribution in [0.1, 0.15) is 6.42 Å². The summed E-state index contributed by atoms with van der Waals surface area (Å²) in [6.45, 7) is 5.20. The monoisotopic (exact) mass is 542 g/mol. The topological polar surface area (TPSA) is 71.9 Å². The van der Waals surface area contributed by atoms with E-state index < -0.39 is 12.7 Å². The number of halogens is 4. The van der Waals surface area contributed by atoms with Gasteiger partial charge in [-0.2, -0.15) is 13.2 Å². The number of aromatic nitrogens is 2. The predicted octanol–water partition coefficient (Wildman–Crippen LogP) is 1.02. The van der Waals surface area contributed by atoms with Crippen LogP contribution in [-0.4, -0.2) is 104 Å². The van der Waals surface area contributed by atoms with Crippen molar-refractivity contribution in [3.05, 3.63) is 18.5 Å². The molecule has 3 heterocycles. The molecule has 170 valence electrons. The standard InChI is InChI=1S/C18H29F3N8.HI/c1-22-16(26-15-3-7-28(13-15)14-18(19,20)21)23-6-8-27-9-11-29(12-10-27)17-24-4-2-5-25-17;/h2,4-5,15H,3,6-14H2,1H3,(H2,22,23,26);1H. The number of aliphatic imine (C=N–C) groups is 1. The lowest BCUT2D eigenvalue weighted by Gasteiger charge is -2.34. The Bertz CT molecular complexity index is 653. The smallest absolute Gasteiger partial charge is 0.355 e. The molecule has 0 bridgehead atoms. The fourth-order valence-electron chi connectivity index (χ4n) is 3.69. The van der Waals surface area contributed by atoms with E-state index in [4.69, 9.17) is 0 Å². The van der Waals surface area contributed by atoms with Gasteiger partial charge >= 0.3 is 6.18 Å². The first kappa shape index (κ1) is 24.9. The van der Waals surface area contributed by atoms with Gasteiger partial charge < -0.3 is 15.5 Å². The Morgan fingerprint density at radius 2 is 1.83 bits per heavy atom. The molecule has 0 spiro atoms. The number of hydrogen-bond acceptors (Lipinski definition) is 6. The van der Waals surface area contributed by atoms with Gasteiger partial charge in [0.25, 0.3) is 0 Å². The zero-order valence-corrected chi connectivity index (χ0v) is 19.4. The van der Waals surface area contributed by atoms with Crippen LogP contribution in [0.25, 0.3) is 0 Å². The van der Waals surface area contributed by atoms with Gasteiger partial charge in [0.1, 0.15) is 0 Å². The Morgan fingerprint density at radius 1 is 1.13 bits per heavy atom. The van der Waals surface area contributed by atoms with Crippen LogP contribution in [0, 0.1) is 0 Å². The summed E-state index contributed by atoms with van der Waals surface area (Å²) in [6.07, 6.45) is 0.0413. The summed E-state index contributed by atoms with van der Waals surface area (Å²) in [5, 5.41) is 6.50. The van der Waals surface area contributed by atoms with Crippen LogP contribution in [0.15, 0.2) is 23.5 Å². The van der Waals surface area contributed by atoms with Gasteiger partial charge in [0.2, 0.25) is 5.95 Å². The molecule has 0 aliphatic carbocycles. The van der Waals surface area contributed by atoms with E-state index in [-0.39, 0.29) is 30.0 Å². The van der Waals surface area contributed by atoms with E-state index in [1.165, 1.54) is 4.90 Å². The van der Waals surface area contributed by atoms with Crippen molar-refractivity contribution < 1.29 is 13.2 Å². The Morgan fingerprint density at radius 3 is 2.47 bits per heavy atom. The highest BCUT2D eigenvalue weighted by Gasteiger charge is 2.34. The molecule has 12 heteroatoms. The van der Waals surface area contributed by atoms with E-state index in [1.54, 1.807) is 19.4 Å². The number of nitrogens with zero attached hydrogens (tertiary/aromatic N) is 6. The largest absolute Gasteiger partial charge is 0.401 e. The third-order valence-corrected chi connectivity index (χ3v) is 5.17. The van der Waals surface area contributed by atoms with Crippen molar-refractivity contribution in [1.29, 1.82) is 0 Å². The molecule has 2 aliphatic rings. The minimum absolute atomic E-state index is 0. The molecular formula is C18H30F3IN8. The molecule has 1 aromatic rings. The molecule has 2 N–H and O–H groups in total. The third kappa shape index (κ3) is 8.02. The molecule has 2 aliphatic heterocycles. The number of guanidine groups is 1. The Labute approximate surface area is 192 Å². The molecule has 3 rings (SSSR count). The molecule has 2 fully saturated rings. The average molecular weight is 542 g/mol. The van der Waals surface area contributed by atoms with E-state index in [2.05, 4.69) is 35.4 Å². The van der Waals surface area contributed by atoms with Gasteiger partial charge in [0.15, 0.2) is 5.96 Å². The summed E-state index contributed by atoms with van der Waals surface area (Å²) in [7, 11) is 1.68. The minimum Gasteiger partial charge on any atom is -0.355 e. The predicted molar refractivity (Wildman–Crippen MR) is 121 cm³/mol. The summed E-state index contributed by atoms with van der Waals surface area (Å²) in [6, 6.07) is 1.80. The lowest BCUT2D eigenvalue weighted by atomic mass is 10.3. The second-order valence-electron chi connectivity index (χ2n) is 7.36. The number of alkyl halides is 3. The number of anilines is 1.